The molecule has 2 saturated heterocycles. The van der Waals surface area contributed by atoms with Crippen LogP contribution in [0.4, 0.5) is 11.4 Å². The molecule has 4 aromatic rings. The summed E-state index contributed by atoms with van der Waals surface area (Å²) in [6, 6.07) is 20.3. The summed E-state index contributed by atoms with van der Waals surface area (Å²) in [5, 5.41) is 18.0. The Morgan fingerprint density at radius 1 is 0.934 bits per heavy atom. The normalized spacial score (nSPS) is 17.4. The lowest BCUT2D eigenvalue weighted by Gasteiger charge is -2.39. The lowest BCUT2D eigenvalue weighted by atomic mass is 9.88. The van der Waals surface area contributed by atoms with Crippen molar-refractivity contribution in [3.8, 4) is 0 Å². The highest BCUT2D eigenvalue weighted by Crippen LogP contribution is 2.29. The Hall–Kier alpha value is -5.15. The fourth-order valence-electron chi connectivity index (χ4n) is 8.71. The maximum atomic E-state index is 14.1. The molecule has 3 aliphatic heterocycles. The first-order chi connectivity index (χ1) is 29.5. The molecule has 3 aromatic carbocycles. The Balaban J connectivity index is 0.914. The molecule has 0 radical (unpaired) electrons. The van der Waals surface area contributed by atoms with Gasteiger partial charge in [0.15, 0.2) is 0 Å². The molecule has 15 heteroatoms. The lowest BCUT2D eigenvalue weighted by molar-refractivity contribution is -0.140. The van der Waals surface area contributed by atoms with E-state index >= 15 is 0 Å². The average molecular weight is 853 g/mol. The van der Waals surface area contributed by atoms with Gasteiger partial charge < -0.3 is 35.3 Å². The lowest BCUT2D eigenvalue weighted by Crippen LogP contribution is -2.51. The number of carbonyl (C=O) groups excluding carboxylic acids is 4. The molecule has 0 bridgehead atoms. The van der Waals surface area contributed by atoms with Gasteiger partial charge in [-0.1, -0.05) is 30.3 Å². The van der Waals surface area contributed by atoms with Gasteiger partial charge in [-0.05, 0) is 99.5 Å². The van der Waals surface area contributed by atoms with Gasteiger partial charge in [0.05, 0.1) is 29.4 Å². The number of aromatic nitrogens is 2. The van der Waals surface area contributed by atoms with Crippen LogP contribution < -0.4 is 21.1 Å². The highest BCUT2D eigenvalue weighted by molar-refractivity contribution is 6.29. The molecule has 1 unspecified atom stereocenters. The third kappa shape index (κ3) is 11.2. The number of aliphatic hydroxyl groups is 1. The summed E-state index contributed by atoms with van der Waals surface area (Å²) in [7, 11) is 2.10. The number of aryl methyl sites for hydroxylation is 1. The third-order valence-corrected chi connectivity index (χ3v) is 12.6. The summed E-state index contributed by atoms with van der Waals surface area (Å²) in [5.74, 6) is -0.846. The maximum Gasteiger partial charge on any atom is 0.261 e. The van der Waals surface area contributed by atoms with Crippen LogP contribution in [0.1, 0.15) is 60.0 Å². The molecule has 1 atom stereocenters. The number of likely N-dealkylation sites (N-methyl/N-ethyl adjacent to an activating group) is 1. The quantitative estimate of drug-likeness (QED) is 0.119. The predicted molar refractivity (Wildman–Crippen MR) is 237 cm³/mol. The number of nitrogens with zero attached hydrogens (tertiary/aromatic N) is 6. The Kier molecular flexibility index (Phi) is 14.5. The van der Waals surface area contributed by atoms with Crippen LogP contribution in [0.3, 0.4) is 0 Å². The molecular formula is C46H57ClN8O6. The predicted octanol–water partition coefficient (Wildman–Crippen LogP) is 3.91. The van der Waals surface area contributed by atoms with E-state index in [4.69, 9.17) is 11.6 Å². The number of amides is 4. The van der Waals surface area contributed by atoms with Gasteiger partial charge in [0.1, 0.15) is 5.88 Å². The van der Waals surface area contributed by atoms with Crippen molar-refractivity contribution in [3.63, 3.8) is 0 Å². The number of hydrogen-bond acceptors (Lipinski definition) is 9. The summed E-state index contributed by atoms with van der Waals surface area (Å²) in [6.45, 7) is 6.31. The summed E-state index contributed by atoms with van der Waals surface area (Å²) >= 11 is 5.82. The fourth-order valence-corrected chi connectivity index (χ4v) is 8.86. The molecule has 3 N–H and O–H groups in total. The van der Waals surface area contributed by atoms with Crippen LogP contribution in [-0.2, 0) is 33.8 Å². The minimum Gasteiger partial charge on any atom is -0.388 e. The van der Waals surface area contributed by atoms with Crippen molar-refractivity contribution < 1.29 is 24.3 Å². The van der Waals surface area contributed by atoms with E-state index in [0.717, 1.165) is 55.8 Å². The minimum absolute atomic E-state index is 0.00901. The smallest absolute Gasteiger partial charge is 0.261 e. The Morgan fingerprint density at radius 3 is 2.46 bits per heavy atom. The van der Waals surface area contributed by atoms with Crippen molar-refractivity contribution in [2.75, 3.05) is 82.0 Å². The number of carbonyl (C=O) groups is 4. The van der Waals surface area contributed by atoms with Crippen LogP contribution in [0.2, 0.25) is 0 Å². The van der Waals surface area contributed by atoms with Gasteiger partial charge in [0.25, 0.3) is 11.5 Å². The van der Waals surface area contributed by atoms with Crippen molar-refractivity contribution in [2.45, 2.75) is 63.5 Å². The van der Waals surface area contributed by atoms with Crippen LogP contribution >= 0.6 is 11.6 Å². The Bertz CT molecular complexity index is 2250. The van der Waals surface area contributed by atoms with E-state index in [1.807, 2.05) is 47.4 Å². The summed E-state index contributed by atoms with van der Waals surface area (Å²) in [4.78, 5) is 78.4. The first-order valence-corrected chi connectivity index (χ1v) is 22.0. The molecule has 14 nitrogen and oxygen atoms in total. The van der Waals surface area contributed by atoms with E-state index in [0.29, 0.717) is 93.4 Å². The topological polar surface area (TPSA) is 160 Å². The number of piperazine rings is 1. The van der Waals surface area contributed by atoms with Crippen molar-refractivity contribution in [1.29, 1.82) is 0 Å². The molecule has 324 valence electrons. The van der Waals surface area contributed by atoms with E-state index in [1.54, 1.807) is 29.2 Å². The molecule has 61 heavy (non-hydrogen) atoms. The molecule has 4 amide bonds. The van der Waals surface area contributed by atoms with Crippen molar-refractivity contribution in [2.24, 2.45) is 5.92 Å². The summed E-state index contributed by atoms with van der Waals surface area (Å²) in [6.07, 6.45) is 5.72. The maximum absolute atomic E-state index is 14.1. The summed E-state index contributed by atoms with van der Waals surface area (Å²) < 4.78 is 1.43. The van der Waals surface area contributed by atoms with Crippen LogP contribution in [0.25, 0.3) is 10.9 Å². The Morgan fingerprint density at radius 2 is 1.70 bits per heavy atom. The van der Waals surface area contributed by atoms with Crippen LogP contribution in [0.15, 0.2) is 77.9 Å². The third-order valence-electron chi connectivity index (χ3n) is 12.4. The van der Waals surface area contributed by atoms with Gasteiger partial charge in [0, 0.05) is 88.2 Å². The van der Waals surface area contributed by atoms with Gasteiger partial charge in [-0.2, -0.15) is 0 Å². The van der Waals surface area contributed by atoms with Crippen LogP contribution in [0, 0.1) is 5.92 Å². The number of likely N-dealkylation sites (tertiary alicyclic amines) is 1. The SMILES string of the molecule is CN1CCN(CCC(=O)Nc2ccc3c(=O)n(CC4(O)CCN(C(=O)C(CCCNC(=O)c5ccc6c(c5)CCCN6C(=O)CCl)Cc5ccccc5)CC4)cnc3c2)CC1. The second kappa shape index (κ2) is 20.1. The molecule has 0 aliphatic carbocycles. The number of nitrogens with one attached hydrogen (secondary N) is 2. The molecule has 4 heterocycles. The van der Waals surface area contributed by atoms with Gasteiger partial charge in [-0.15, -0.1) is 11.6 Å². The van der Waals surface area contributed by atoms with Crippen molar-refractivity contribution >= 4 is 57.5 Å². The summed E-state index contributed by atoms with van der Waals surface area (Å²) in [5.41, 5.74) is 2.88. The zero-order chi connectivity index (χ0) is 42.9. The standard InChI is InChI=1S/C46H57ClN8O6/c1-51-23-25-52(26-24-51)20-15-41(56)50-37-12-13-38-39(29-37)49-32-54(45(38)60)31-46(61)16-21-53(22-17-46)44(59)36(27-33-7-3-2-4-8-33)9-5-18-48-43(58)35-11-14-40-34(28-35)10-6-19-55(40)42(57)30-47/h2-4,7-8,11-14,28-29,32,36,61H,5-6,9-10,15-27,30-31H2,1H3,(H,48,58)(H,50,56). The first kappa shape index (κ1) is 43.9. The van der Waals surface area contributed by atoms with Gasteiger partial charge in [0.2, 0.25) is 17.7 Å². The number of fused-ring (bicyclic) bond motifs is 2. The van der Waals surface area contributed by atoms with E-state index in [9.17, 15) is 29.1 Å². The van der Waals surface area contributed by atoms with Gasteiger partial charge >= 0.3 is 0 Å². The largest absolute Gasteiger partial charge is 0.388 e. The van der Waals surface area contributed by atoms with E-state index in [1.165, 1.54) is 10.9 Å². The number of piperidine rings is 1. The highest BCUT2D eigenvalue weighted by Gasteiger charge is 2.36. The number of halogens is 1. The average Bonchev–Trinajstić information content (AvgIpc) is 3.27. The molecule has 2 fully saturated rings. The molecule has 7 rings (SSSR count). The molecule has 3 aliphatic rings. The van der Waals surface area contributed by atoms with Gasteiger partial charge in [-0.25, -0.2) is 4.98 Å². The van der Waals surface area contributed by atoms with Crippen molar-refractivity contribution in [1.82, 2.24) is 29.6 Å². The highest BCUT2D eigenvalue weighted by atomic mass is 35.5. The van der Waals surface area contributed by atoms with Crippen LogP contribution in [-0.4, -0.2) is 130 Å². The number of benzene rings is 3. The first-order valence-electron chi connectivity index (χ1n) is 21.5. The Labute approximate surface area is 361 Å². The van der Waals surface area contributed by atoms with Gasteiger partial charge in [-0.3, -0.25) is 28.5 Å². The number of anilines is 2. The zero-order valence-electron chi connectivity index (χ0n) is 35.0. The zero-order valence-corrected chi connectivity index (χ0v) is 35.7. The second-order valence-electron chi connectivity index (χ2n) is 16.8. The fraction of sp³-hybridized carbons (Fsp3) is 0.478. The number of hydrogen-bond donors (Lipinski definition) is 3. The van der Waals surface area contributed by atoms with E-state index in [2.05, 4.69) is 32.5 Å². The molecule has 0 saturated carbocycles. The number of rotatable bonds is 15. The number of alkyl halides is 1. The molecular weight excluding hydrogens is 796 g/mol. The van der Waals surface area contributed by atoms with Crippen LogP contribution in [0.5, 0.6) is 0 Å². The molecule has 0 spiro atoms. The monoisotopic (exact) mass is 852 g/mol. The van der Waals surface area contributed by atoms with E-state index < -0.39 is 5.60 Å². The second-order valence-corrected chi connectivity index (χ2v) is 17.1. The minimum atomic E-state index is -1.21. The van der Waals surface area contributed by atoms with E-state index in [-0.39, 0.29) is 47.5 Å². The molecule has 1 aromatic heterocycles. The van der Waals surface area contributed by atoms with Crippen molar-refractivity contribution in [3.05, 3.63) is 100 Å².